The number of carbonyl (C=O) groups is 1. The molecule has 100 valence electrons. The van der Waals surface area contributed by atoms with Gasteiger partial charge in [-0.05, 0) is 49.3 Å². The molecule has 4 heteroatoms. The summed E-state index contributed by atoms with van der Waals surface area (Å²) in [5.41, 5.74) is 6.72. The van der Waals surface area contributed by atoms with Gasteiger partial charge in [0.05, 0.1) is 0 Å². The molecule has 0 aliphatic heterocycles. The minimum absolute atomic E-state index is 0.0380. The summed E-state index contributed by atoms with van der Waals surface area (Å²) < 4.78 is 0. The average Bonchev–Trinajstić information content (AvgIpc) is 2.35. The van der Waals surface area contributed by atoms with E-state index in [0.29, 0.717) is 6.04 Å². The van der Waals surface area contributed by atoms with Gasteiger partial charge in [0.25, 0.3) is 0 Å². The molecule has 0 aromatic heterocycles. The molecule has 0 aliphatic carbocycles. The number of benzene rings is 1. The number of hydrogen-bond acceptors (Lipinski definition) is 3. The van der Waals surface area contributed by atoms with Crippen LogP contribution in [0.2, 0.25) is 0 Å². The fraction of sp³-hybridized carbons (Fsp3) is 0.500. The van der Waals surface area contributed by atoms with Gasteiger partial charge in [-0.1, -0.05) is 6.92 Å². The summed E-state index contributed by atoms with van der Waals surface area (Å²) in [5, 5.41) is 2.76. The fourth-order valence-corrected chi connectivity index (χ4v) is 2.45. The molecule has 0 spiro atoms. The summed E-state index contributed by atoms with van der Waals surface area (Å²) >= 11 is 1.83. The molecule has 1 aromatic rings. The van der Waals surface area contributed by atoms with Crippen molar-refractivity contribution in [1.29, 1.82) is 0 Å². The van der Waals surface area contributed by atoms with Crippen molar-refractivity contribution in [1.82, 2.24) is 0 Å². The maximum Gasteiger partial charge on any atom is 0.221 e. The summed E-state index contributed by atoms with van der Waals surface area (Å²) in [6.45, 7) is 3.64. The SMILES string of the molecule is CCC(N)CCCSc1ccc(NC(C)=O)cc1. The maximum absolute atomic E-state index is 10.9. The van der Waals surface area contributed by atoms with E-state index >= 15 is 0 Å². The van der Waals surface area contributed by atoms with Crippen molar-refractivity contribution >= 4 is 23.4 Å². The lowest BCUT2D eigenvalue weighted by Crippen LogP contribution is -2.18. The summed E-state index contributed by atoms with van der Waals surface area (Å²) in [6.07, 6.45) is 3.29. The molecule has 0 saturated heterocycles. The monoisotopic (exact) mass is 266 g/mol. The van der Waals surface area contributed by atoms with E-state index < -0.39 is 0 Å². The van der Waals surface area contributed by atoms with E-state index in [1.165, 1.54) is 11.8 Å². The van der Waals surface area contributed by atoms with Crippen LogP contribution in [0.1, 0.15) is 33.1 Å². The highest BCUT2D eigenvalue weighted by Gasteiger charge is 2.00. The van der Waals surface area contributed by atoms with E-state index in [0.717, 1.165) is 30.7 Å². The Morgan fingerprint density at radius 1 is 1.39 bits per heavy atom. The number of nitrogens with two attached hydrogens (primary N) is 1. The molecule has 1 atom stereocenters. The van der Waals surface area contributed by atoms with Gasteiger partial charge in [0, 0.05) is 23.5 Å². The van der Waals surface area contributed by atoms with Gasteiger partial charge in [-0.3, -0.25) is 4.79 Å². The van der Waals surface area contributed by atoms with Crippen LogP contribution in [0.4, 0.5) is 5.69 Å². The van der Waals surface area contributed by atoms with Crippen LogP contribution in [-0.4, -0.2) is 17.7 Å². The summed E-state index contributed by atoms with van der Waals surface area (Å²) in [7, 11) is 0. The fourth-order valence-electron chi connectivity index (χ4n) is 1.58. The smallest absolute Gasteiger partial charge is 0.221 e. The number of thioether (sulfide) groups is 1. The third kappa shape index (κ3) is 6.07. The lowest BCUT2D eigenvalue weighted by atomic mass is 10.1. The Labute approximate surface area is 114 Å². The third-order valence-corrected chi connectivity index (χ3v) is 3.79. The first kappa shape index (κ1) is 15.1. The standard InChI is InChI=1S/C14H22N2OS/c1-3-12(15)5-4-10-18-14-8-6-13(7-9-14)16-11(2)17/h6-9,12H,3-5,10,15H2,1-2H3,(H,16,17). The second-order valence-electron chi connectivity index (χ2n) is 4.36. The highest BCUT2D eigenvalue weighted by molar-refractivity contribution is 7.99. The van der Waals surface area contributed by atoms with Crippen LogP contribution in [0.3, 0.4) is 0 Å². The van der Waals surface area contributed by atoms with E-state index in [1.54, 1.807) is 0 Å². The van der Waals surface area contributed by atoms with Crippen LogP contribution >= 0.6 is 11.8 Å². The van der Waals surface area contributed by atoms with Gasteiger partial charge in [-0.25, -0.2) is 0 Å². The normalized spacial score (nSPS) is 12.2. The highest BCUT2D eigenvalue weighted by atomic mass is 32.2. The van der Waals surface area contributed by atoms with Crippen LogP contribution in [-0.2, 0) is 4.79 Å². The molecule has 1 amide bonds. The molecule has 0 aliphatic rings. The molecular weight excluding hydrogens is 244 g/mol. The van der Waals surface area contributed by atoms with E-state index in [1.807, 2.05) is 36.0 Å². The minimum Gasteiger partial charge on any atom is -0.328 e. The Kier molecular flexibility index (Phi) is 6.83. The Bertz CT molecular complexity index is 365. The van der Waals surface area contributed by atoms with Crippen molar-refractivity contribution in [2.75, 3.05) is 11.1 Å². The number of hydrogen-bond donors (Lipinski definition) is 2. The molecule has 0 fully saturated rings. The molecule has 1 rings (SSSR count). The molecule has 0 heterocycles. The van der Waals surface area contributed by atoms with Crippen molar-refractivity contribution in [3.05, 3.63) is 24.3 Å². The molecule has 0 saturated carbocycles. The summed E-state index contributed by atoms with van der Waals surface area (Å²) in [5.74, 6) is 1.05. The van der Waals surface area contributed by atoms with Crippen molar-refractivity contribution in [3.8, 4) is 0 Å². The number of carbonyl (C=O) groups excluding carboxylic acids is 1. The molecule has 1 aromatic carbocycles. The van der Waals surface area contributed by atoms with Crippen LogP contribution < -0.4 is 11.1 Å². The number of nitrogens with one attached hydrogen (secondary N) is 1. The molecular formula is C14H22N2OS. The summed E-state index contributed by atoms with van der Waals surface area (Å²) in [4.78, 5) is 12.1. The second kappa shape index (κ2) is 8.16. The Morgan fingerprint density at radius 2 is 2.06 bits per heavy atom. The van der Waals surface area contributed by atoms with Gasteiger partial charge >= 0.3 is 0 Å². The lowest BCUT2D eigenvalue weighted by Gasteiger charge is -2.08. The quantitative estimate of drug-likeness (QED) is 0.588. The van der Waals surface area contributed by atoms with Crippen LogP contribution in [0, 0.1) is 0 Å². The molecule has 0 bridgehead atoms. The zero-order chi connectivity index (χ0) is 13.4. The van der Waals surface area contributed by atoms with Gasteiger partial charge in [-0.15, -0.1) is 11.8 Å². The Hall–Kier alpha value is -1.00. The topological polar surface area (TPSA) is 55.1 Å². The molecule has 18 heavy (non-hydrogen) atoms. The zero-order valence-electron chi connectivity index (χ0n) is 11.1. The maximum atomic E-state index is 10.9. The predicted molar refractivity (Wildman–Crippen MR) is 79.0 cm³/mol. The summed E-state index contributed by atoms with van der Waals surface area (Å²) in [6, 6.07) is 8.28. The minimum atomic E-state index is -0.0380. The average molecular weight is 266 g/mol. The zero-order valence-corrected chi connectivity index (χ0v) is 11.9. The van der Waals surface area contributed by atoms with Crippen LogP contribution in [0.25, 0.3) is 0 Å². The Morgan fingerprint density at radius 3 is 2.61 bits per heavy atom. The molecule has 3 N–H and O–H groups in total. The van der Waals surface area contributed by atoms with Crippen LogP contribution in [0.15, 0.2) is 29.2 Å². The van der Waals surface area contributed by atoms with Crippen LogP contribution in [0.5, 0.6) is 0 Å². The first-order chi connectivity index (χ1) is 8.61. The molecule has 1 unspecified atom stereocenters. The third-order valence-electron chi connectivity index (χ3n) is 2.69. The first-order valence-electron chi connectivity index (χ1n) is 6.38. The van der Waals surface area contributed by atoms with Gasteiger partial charge < -0.3 is 11.1 Å². The highest BCUT2D eigenvalue weighted by Crippen LogP contribution is 2.21. The first-order valence-corrected chi connectivity index (χ1v) is 7.36. The lowest BCUT2D eigenvalue weighted by molar-refractivity contribution is -0.114. The van der Waals surface area contributed by atoms with Gasteiger partial charge in [-0.2, -0.15) is 0 Å². The van der Waals surface area contributed by atoms with Gasteiger partial charge in [0.2, 0.25) is 5.91 Å². The van der Waals surface area contributed by atoms with Gasteiger partial charge in [0.15, 0.2) is 0 Å². The van der Waals surface area contributed by atoms with Crippen molar-refractivity contribution < 1.29 is 4.79 Å². The van der Waals surface area contributed by atoms with E-state index in [-0.39, 0.29) is 5.91 Å². The van der Waals surface area contributed by atoms with Crippen molar-refractivity contribution in [2.45, 2.75) is 44.0 Å². The van der Waals surface area contributed by atoms with E-state index in [4.69, 9.17) is 5.73 Å². The number of amides is 1. The van der Waals surface area contributed by atoms with Crippen molar-refractivity contribution in [3.63, 3.8) is 0 Å². The second-order valence-corrected chi connectivity index (χ2v) is 5.53. The number of rotatable bonds is 7. The number of anilines is 1. The van der Waals surface area contributed by atoms with E-state index in [2.05, 4.69) is 12.2 Å². The Balaban J connectivity index is 2.28. The van der Waals surface area contributed by atoms with E-state index in [9.17, 15) is 4.79 Å². The van der Waals surface area contributed by atoms with Gasteiger partial charge in [0.1, 0.15) is 0 Å². The molecule has 3 nitrogen and oxygen atoms in total. The molecule has 0 radical (unpaired) electrons. The largest absolute Gasteiger partial charge is 0.328 e. The predicted octanol–water partition coefficient (Wildman–Crippen LogP) is 3.25. The van der Waals surface area contributed by atoms with Crippen molar-refractivity contribution in [2.24, 2.45) is 5.73 Å².